The maximum Gasteiger partial charge on any atom is 0.0736 e. The number of nitrogens with one attached hydrogen (secondary N) is 1. The fraction of sp³-hybridized carbons (Fsp3) is 0.500. The molecule has 1 aromatic rings. The Morgan fingerprint density at radius 1 is 1.57 bits per heavy atom. The summed E-state index contributed by atoms with van der Waals surface area (Å²) in [6.07, 6.45) is 5.92. The van der Waals surface area contributed by atoms with Crippen LogP contribution in [0.1, 0.15) is 12.8 Å². The predicted octanol–water partition coefficient (Wildman–Crippen LogP) is 1.25. The fourth-order valence-electron chi connectivity index (χ4n) is 1.63. The van der Waals surface area contributed by atoms with Crippen LogP contribution in [0.15, 0.2) is 18.5 Å². The molecule has 0 atom stereocenters. The fourth-order valence-corrected chi connectivity index (χ4v) is 1.63. The summed E-state index contributed by atoms with van der Waals surface area (Å²) in [5.41, 5.74) is 7.43. The highest BCUT2D eigenvalue weighted by Gasteiger charge is 2.28. The molecule has 4 nitrogen and oxygen atoms in total. The molecule has 14 heavy (non-hydrogen) atoms. The standard InChI is InChI=1S/C10H15N3O/c1-14-8-4-7(5-8)13-10-2-3-12-6-9(10)11/h2-3,6-8H,4-5,11H2,1H3,(H,12,13). The van der Waals surface area contributed by atoms with E-state index >= 15 is 0 Å². The molecular formula is C10H15N3O. The third-order valence-corrected chi connectivity index (χ3v) is 2.64. The van der Waals surface area contributed by atoms with E-state index in [2.05, 4.69) is 10.3 Å². The zero-order chi connectivity index (χ0) is 9.97. The second kappa shape index (κ2) is 3.84. The van der Waals surface area contributed by atoms with E-state index < -0.39 is 0 Å². The maximum atomic E-state index is 5.76. The van der Waals surface area contributed by atoms with E-state index in [1.807, 2.05) is 6.07 Å². The van der Waals surface area contributed by atoms with Crippen molar-refractivity contribution >= 4 is 11.4 Å². The van der Waals surface area contributed by atoms with E-state index in [-0.39, 0.29) is 0 Å². The molecule has 1 aromatic heterocycles. The van der Waals surface area contributed by atoms with Gasteiger partial charge in [-0.1, -0.05) is 0 Å². The normalized spacial score (nSPS) is 25.5. The first-order valence-electron chi connectivity index (χ1n) is 4.78. The van der Waals surface area contributed by atoms with Gasteiger partial charge in [0.1, 0.15) is 0 Å². The molecule has 3 N–H and O–H groups in total. The number of rotatable bonds is 3. The number of aromatic nitrogens is 1. The molecule has 0 aliphatic heterocycles. The molecule has 0 unspecified atom stereocenters. The van der Waals surface area contributed by atoms with Crippen molar-refractivity contribution in [1.82, 2.24) is 4.98 Å². The van der Waals surface area contributed by atoms with Crippen LogP contribution in [0.5, 0.6) is 0 Å². The molecule has 1 saturated carbocycles. The summed E-state index contributed by atoms with van der Waals surface area (Å²) in [5, 5.41) is 3.37. The average Bonchev–Trinajstić information content (AvgIpc) is 2.13. The number of nitrogens with zero attached hydrogens (tertiary/aromatic N) is 1. The van der Waals surface area contributed by atoms with Crippen LogP contribution in [-0.4, -0.2) is 24.2 Å². The Labute approximate surface area is 83.5 Å². The van der Waals surface area contributed by atoms with Gasteiger partial charge < -0.3 is 15.8 Å². The third kappa shape index (κ3) is 1.80. The van der Waals surface area contributed by atoms with Crippen LogP contribution in [-0.2, 0) is 4.74 Å². The number of methoxy groups -OCH3 is 1. The van der Waals surface area contributed by atoms with Gasteiger partial charge in [-0.15, -0.1) is 0 Å². The van der Waals surface area contributed by atoms with Crippen molar-refractivity contribution in [3.63, 3.8) is 0 Å². The molecule has 0 radical (unpaired) electrons. The van der Waals surface area contributed by atoms with E-state index in [4.69, 9.17) is 10.5 Å². The van der Waals surface area contributed by atoms with Gasteiger partial charge in [0.05, 0.1) is 23.7 Å². The Morgan fingerprint density at radius 2 is 2.36 bits per heavy atom. The third-order valence-electron chi connectivity index (χ3n) is 2.64. The molecule has 0 bridgehead atoms. The van der Waals surface area contributed by atoms with Gasteiger partial charge in [0.2, 0.25) is 0 Å². The van der Waals surface area contributed by atoms with Crippen LogP contribution in [0, 0.1) is 0 Å². The van der Waals surface area contributed by atoms with E-state index in [0.29, 0.717) is 17.8 Å². The van der Waals surface area contributed by atoms with Crippen LogP contribution in [0.3, 0.4) is 0 Å². The highest BCUT2D eigenvalue weighted by Crippen LogP contribution is 2.27. The Bertz CT molecular complexity index is 310. The highest BCUT2D eigenvalue weighted by molar-refractivity contribution is 5.64. The quantitative estimate of drug-likeness (QED) is 0.758. The first kappa shape index (κ1) is 9.27. The first-order chi connectivity index (χ1) is 6.79. The predicted molar refractivity (Wildman–Crippen MR) is 56.1 cm³/mol. The van der Waals surface area contributed by atoms with Crippen LogP contribution in [0.2, 0.25) is 0 Å². The Morgan fingerprint density at radius 3 is 3.00 bits per heavy atom. The van der Waals surface area contributed by atoms with E-state index in [0.717, 1.165) is 18.5 Å². The number of pyridine rings is 1. The zero-order valence-electron chi connectivity index (χ0n) is 8.23. The molecule has 1 aliphatic carbocycles. The Kier molecular flexibility index (Phi) is 2.54. The lowest BCUT2D eigenvalue weighted by Crippen LogP contribution is -2.40. The monoisotopic (exact) mass is 193 g/mol. The number of ether oxygens (including phenoxy) is 1. The summed E-state index contributed by atoms with van der Waals surface area (Å²) in [6.45, 7) is 0. The Balaban J connectivity index is 1.90. The maximum absolute atomic E-state index is 5.76. The minimum Gasteiger partial charge on any atom is -0.396 e. The molecule has 2 rings (SSSR count). The van der Waals surface area contributed by atoms with Crippen molar-refractivity contribution in [1.29, 1.82) is 0 Å². The average molecular weight is 193 g/mol. The van der Waals surface area contributed by atoms with Gasteiger partial charge in [-0.25, -0.2) is 0 Å². The van der Waals surface area contributed by atoms with Gasteiger partial charge in [-0.3, -0.25) is 4.98 Å². The second-order valence-electron chi connectivity index (χ2n) is 3.63. The largest absolute Gasteiger partial charge is 0.396 e. The van der Waals surface area contributed by atoms with Crippen molar-refractivity contribution in [2.24, 2.45) is 0 Å². The minimum absolute atomic E-state index is 0.413. The first-order valence-corrected chi connectivity index (χ1v) is 4.78. The molecule has 0 saturated heterocycles. The van der Waals surface area contributed by atoms with E-state index in [1.165, 1.54) is 0 Å². The van der Waals surface area contributed by atoms with E-state index in [1.54, 1.807) is 19.5 Å². The number of hydrogen-bond acceptors (Lipinski definition) is 4. The van der Waals surface area contributed by atoms with Crippen molar-refractivity contribution in [2.45, 2.75) is 25.0 Å². The van der Waals surface area contributed by atoms with Crippen molar-refractivity contribution in [3.05, 3.63) is 18.5 Å². The number of hydrogen-bond donors (Lipinski definition) is 2. The molecule has 1 heterocycles. The summed E-state index contributed by atoms with van der Waals surface area (Å²) >= 11 is 0. The lowest BCUT2D eigenvalue weighted by atomic mass is 9.89. The molecule has 0 spiro atoms. The number of nitrogen functional groups attached to an aromatic ring is 1. The summed E-state index contributed by atoms with van der Waals surface area (Å²) in [5.74, 6) is 0. The van der Waals surface area contributed by atoms with Crippen LogP contribution < -0.4 is 11.1 Å². The summed E-state index contributed by atoms with van der Waals surface area (Å²) < 4.78 is 5.20. The van der Waals surface area contributed by atoms with Crippen LogP contribution in [0.25, 0.3) is 0 Å². The van der Waals surface area contributed by atoms with Crippen molar-refractivity contribution in [2.75, 3.05) is 18.2 Å². The topological polar surface area (TPSA) is 60.2 Å². The lowest BCUT2D eigenvalue weighted by molar-refractivity contribution is 0.0329. The highest BCUT2D eigenvalue weighted by atomic mass is 16.5. The smallest absolute Gasteiger partial charge is 0.0736 e. The van der Waals surface area contributed by atoms with E-state index in [9.17, 15) is 0 Å². The molecule has 4 heteroatoms. The number of nitrogens with two attached hydrogens (primary N) is 1. The minimum atomic E-state index is 0.413. The molecular weight excluding hydrogens is 178 g/mol. The van der Waals surface area contributed by atoms with Crippen molar-refractivity contribution < 1.29 is 4.74 Å². The van der Waals surface area contributed by atoms with Gasteiger partial charge in [-0.2, -0.15) is 0 Å². The summed E-state index contributed by atoms with van der Waals surface area (Å²) in [4.78, 5) is 3.94. The zero-order valence-corrected chi connectivity index (χ0v) is 8.23. The second-order valence-corrected chi connectivity index (χ2v) is 3.63. The molecule has 0 aromatic carbocycles. The molecule has 1 aliphatic rings. The van der Waals surface area contributed by atoms with Gasteiger partial charge in [0.15, 0.2) is 0 Å². The van der Waals surface area contributed by atoms with Gasteiger partial charge in [0, 0.05) is 19.3 Å². The Hall–Kier alpha value is -1.29. The van der Waals surface area contributed by atoms with Gasteiger partial charge >= 0.3 is 0 Å². The van der Waals surface area contributed by atoms with Gasteiger partial charge in [-0.05, 0) is 18.9 Å². The summed E-state index contributed by atoms with van der Waals surface area (Å²) in [6, 6.07) is 2.39. The molecule has 0 amide bonds. The lowest BCUT2D eigenvalue weighted by Gasteiger charge is -2.35. The van der Waals surface area contributed by atoms with Crippen LogP contribution >= 0.6 is 0 Å². The molecule has 1 fully saturated rings. The summed E-state index contributed by atoms with van der Waals surface area (Å²) in [7, 11) is 1.75. The molecule has 76 valence electrons. The van der Waals surface area contributed by atoms with Crippen molar-refractivity contribution in [3.8, 4) is 0 Å². The van der Waals surface area contributed by atoms with Gasteiger partial charge in [0.25, 0.3) is 0 Å². The number of anilines is 2. The SMILES string of the molecule is COC1CC(Nc2ccncc2N)C1. The van der Waals surface area contributed by atoms with Crippen LogP contribution in [0.4, 0.5) is 11.4 Å².